The summed E-state index contributed by atoms with van der Waals surface area (Å²) in [5.41, 5.74) is 6.91. The molecule has 0 unspecified atom stereocenters. The molecule has 1 N–H and O–H groups in total. The summed E-state index contributed by atoms with van der Waals surface area (Å²) in [6, 6.07) is 0. The number of esters is 1. The van der Waals surface area contributed by atoms with E-state index < -0.39 is 21.4 Å². The van der Waals surface area contributed by atoms with Crippen LogP contribution in [-0.4, -0.2) is 45.7 Å². The number of carbonyl (C=O) groups excluding carboxylic acids is 2. The summed E-state index contributed by atoms with van der Waals surface area (Å²) < 4.78 is 4.81. The molecular weight excluding hydrogens is 396 g/mol. The van der Waals surface area contributed by atoms with E-state index in [4.69, 9.17) is 21.4 Å². The first-order chi connectivity index (χ1) is 12.0. The number of hydrogen-bond acceptors (Lipinski definition) is 4. The molecule has 0 heterocycles. The molecule has 7 heteroatoms. The van der Waals surface area contributed by atoms with Gasteiger partial charge in [0, 0.05) is 11.1 Å². The van der Waals surface area contributed by atoms with Gasteiger partial charge in [-0.1, -0.05) is 64.3 Å². The highest BCUT2D eigenvalue weighted by atomic mass is 35.5. The third-order valence-electron chi connectivity index (χ3n) is 1.97. The molecule has 0 atom stereocenters. The fraction of sp³-hybridized carbons (Fsp3) is 0.500. The molecule has 0 aliphatic carbocycles. The van der Waals surface area contributed by atoms with Crippen molar-refractivity contribution in [2.24, 2.45) is 0 Å². The second-order valence-corrected chi connectivity index (χ2v) is 17.5. The van der Waals surface area contributed by atoms with Crippen molar-refractivity contribution in [3.8, 4) is 22.9 Å². The number of aliphatic hydroxyl groups is 1. The van der Waals surface area contributed by atoms with E-state index in [9.17, 15) is 9.59 Å². The van der Waals surface area contributed by atoms with Crippen molar-refractivity contribution in [1.82, 2.24) is 0 Å². The minimum atomic E-state index is -1.33. The largest absolute Gasteiger partial charge is 0.449 e. The van der Waals surface area contributed by atoms with Crippen molar-refractivity contribution in [2.45, 2.75) is 53.1 Å². The number of allylic oxidation sites excluding steroid dienone is 1. The van der Waals surface area contributed by atoms with Crippen molar-refractivity contribution >= 4 is 39.0 Å². The van der Waals surface area contributed by atoms with E-state index in [-0.39, 0.29) is 19.2 Å². The minimum absolute atomic E-state index is 0.00424. The van der Waals surface area contributed by atoms with E-state index in [1.807, 2.05) is 0 Å². The van der Waals surface area contributed by atoms with Crippen LogP contribution in [0.5, 0.6) is 0 Å². The number of aliphatic hydroxyl groups excluding tert-OH is 1. The molecule has 0 aromatic rings. The molecule has 0 radical (unpaired) electrons. The predicted octanol–water partition coefficient (Wildman–Crippen LogP) is 4.17. The van der Waals surface area contributed by atoms with Gasteiger partial charge in [-0.25, -0.2) is 4.79 Å². The molecule has 0 saturated carbocycles. The van der Waals surface area contributed by atoms with Gasteiger partial charge in [0.15, 0.2) is 6.61 Å². The molecule has 0 saturated heterocycles. The summed E-state index contributed by atoms with van der Waals surface area (Å²) in [5.74, 6) is 5.12. The van der Waals surface area contributed by atoms with Gasteiger partial charge < -0.3 is 9.84 Å². The Hall–Kier alpha value is -1.58. The van der Waals surface area contributed by atoms with E-state index >= 15 is 0 Å². The minimum Gasteiger partial charge on any atom is -0.449 e. The van der Waals surface area contributed by atoms with Crippen molar-refractivity contribution in [1.29, 1.82) is 0 Å². The van der Waals surface area contributed by atoms with Crippen molar-refractivity contribution in [2.75, 3.05) is 13.2 Å². The Kier molecular flexibility index (Phi) is 17.3. The molecule has 152 valence electrons. The molecule has 0 aromatic carbocycles. The quantitative estimate of drug-likeness (QED) is 0.241. The highest BCUT2D eigenvalue weighted by Crippen LogP contribution is 1.97. The Bertz CT molecular complexity index is 621. The summed E-state index contributed by atoms with van der Waals surface area (Å²) in [4.78, 5) is 20.7. The summed E-state index contributed by atoms with van der Waals surface area (Å²) in [7, 11) is -2.53. The van der Waals surface area contributed by atoms with Crippen LogP contribution in [0, 0.1) is 22.9 Å². The van der Waals surface area contributed by atoms with E-state index in [0.29, 0.717) is 11.1 Å². The zero-order valence-corrected chi connectivity index (χ0v) is 20.6. The first kappa shape index (κ1) is 30.2. The number of carbonyl (C=O) groups is 2. The van der Waals surface area contributed by atoms with Gasteiger partial charge >= 0.3 is 5.97 Å². The molecular formula is C20H33ClO4Si2. The molecule has 0 aliphatic heterocycles. The van der Waals surface area contributed by atoms with Crippen LogP contribution >= 0.6 is 11.6 Å². The molecule has 0 rings (SSSR count). The maximum Gasteiger partial charge on any atom is 0.334 e. The van der Waals surface area contributed by atoms with Crippen LogP contribution in [0.3, 0.4) is 0 Å². The van der Waals surface area contributed by atoms with Gasteiger partial charge in [0.25, 0.3) is 0 Å². The smallest absolute Gasteiger partial charge is 0.334 e. The number of hydrogen-bond donors (Lipinski definition) is 1. The lowest BCUT2D eigenvalue weighted by Gasteiger charge is -2.03. The van der Waals surface area contributed by atoms with E-state index in [1.54, 1.807) is 13.8 Å². The van der Waals surface area contributed by atoms with E-state index in [1.165, 1.54) is 0 Å². The van der Waals surface area contributed by atoms with Gasteiger partial charge in [0.2, 0.25) is 5.24 Å². The summed E-state index contributed by atoms with van der Waals surface area (Å²) in [6.45, 7) is 23.0. The molecule has 0 aromatic heterocycles. The zero-order chi connectivity index (χ0) is 22.3. The van der Waals surface area contributed by atoms with Crippen LogP contribution in [-0.2, 0) is 14.3 Å². The number of ether oxygens (including phenoxy) is 1. The van der Waals surface area contributed by atoms with Gasteiger partial charge in [-0.15, -0.1) is 11.1 Å². The van der Waals surface area contributed by atoms with Crippen LogP contribution in [0.4, 0.5) is 0 Å². The Balaban J connectivity index is -0.000000351. The Morgan fingerprint density at radius 1 is 0.926 bits per heavy atom. The summed E-state index contributed by atoms with van der Waals surface area (Å²) >= 11 is 4.87. The molecule has 27 heavy (non-hydrogen) atoms. The summed E-state index contributed by atoms with van der Waals surface area (Å²) in [6.07, 6.45) is 0. The zero-order valence-electron chi connectivity index (χ0n) is 17.9. The van der Waals surface area contributed by atoms with E-state index in [2.05, 4.69) is 75.4 Å². The maximum absolute atomic E-state index is 10.9. The number of halogens is 1. The molecule has 4 nitrogen and oxygen atoms in total. The monoisotopic (exact) mass is 428 g/mol. The molecule has 0 bridgehead atoms. The average Bonchev–Trinajstić information content (AvgIpc) is 2.48. The lowest BCUT2D eigenvalue weighted by molar-refractivity contribution is -0.137. The molecule has 0 amide bonds. The van der Waals surface area contributed by atoms with Crippen LogP contribution in [0.25, 0.3) is 0 Å². The van der Waals surface area contributed by atoms with Gasteiger partial charge in [0.05, 0.1) is 0 Å². The van der Waals surface area contributed by atoms with Crippen LogP contribution in [0.2, 0.25) is 39.3 Å². The molecule has 0 aliphatic rings. The predicted molar refractivity (Wildman–Crippen MR) is 121 cm³/mol. The SMILES string of the molecule is C=C(C)C(=O)Cl.C=C(C)C(=O)OCC#C[Si](C)(C)C.C[Si](C)(C)C#CCO. The Labute approximate surface area is 172 Å². The van der Waals surface area contributed by atoms with Crippen LogP contribution in [0.1, 0.15) is 13.8 Å². The molecule has 0 spiro atoms. The van der Waals surface area contributed by atoms with Crippen LogP contribution < -0.4 is 0 Å². The third kappa shape index (κ3) is 32.6. The highest BCUT2D eigenvalue weighted by Gasteiger charge is 2.07. The highest BCUT2D eigenvalue weighted by molar-refractivity contribution is 6.84. The van der Waals surface area contributed by atoms with Crippen molar-refractivity contribution in [3.05, 3.63) is 24.3 Å². The topological polar surface area (TPSA) is 63.6 Å². The number of rotatable bonds is 3. The van der Waals surface area contributed by atoms with E-state index in [0.717, 1.165) is 0 Å². The first-order valence-electron chi connectivity index (χ1n) is 8.32. The standard InChI is InChI=1S/C10H16O2Si.C6H12OSi.C4H5ClO/c1-9(2)10(11)12-7-6-8-13(3,4)5;1-8(2,3)6-4-5-7;1-3(2)4(5)6/h1,7H2,2-5H3;7H,5H2,1-3H3;1H2,2H3. The normalized spacial score (nSPS) is 9.41. The fourth-order valence-corrected chi connectivity index (χ4v) is 2.04. The Morgan fingerprint density at radius 3 is 1.52 bits per heavy atom. The lowest BCUT2D eigenvalue weighted by Crippen LogP contribution is -2.17. The van der Waals surface area contributed by atoms with Gasteiger partial charge in [-0.3, -0.25) is 4.79 Å². The average molecular weight is 429 g/mol. The fourth-order valence-electron chi connectivity index (χ4n) is 0.831. The van der Waals surface area contributed by atoms with Gasteiger partial charge in [0.1, 0.15) is 22.8 Å². The Morgan fingerprint density at radius 2 is 1.30 bits per heavy atom. The van der Waals surface area contributed by atoms with Gasteiger partial charge in [-0.05, 0) is 25.4 Å². The van der Waals surface area contributed by atoms with Gasteiger partial charge in [-0.2, -0.15) is 0 Å². The van der Waals surface area contributed by atoms with Crippen molar-refractivity contribution < 1.29 is 19.4 Å². The second kappa shape index (κ2) is 15.5. The molecule has 0 fully saturated rings. The second-order valence-electron chi connectivity index (χ2n) is 7.67. The lowest BCUT2D eigenvalue weighted by atomic mass is 10.4. The van der Waals surface area contributed by atoms with Crippen LogP contribution in [0.15, 0.2) is 24.3 Å². The maximum atomic E-state index is 10.9. The summed E-state index contributed by atoms with van der Waals surface area (Å²) in [5, 5.41) is 7.82. The third-order valence-corrected chi connectivity index (χ3v) is 4.14. The first-order valence-corrected chi connectivity index (χ1v) is 15.7. The van der Waals surface area contributed by atoms with Crippen molar-refractivity contribution in [3.63, 3.8) is 0 Å².